The summed E-state index contributed by atoms with van der Waals surface area (Å²) >= 11 is 0. The van der Waals surface area contributed by atoms with E-state index in [1.807, 2.05) is 0 Å². The highest BCUT2D eigenvalue weighted by molar-refractivity contribution is 5.76. The number of hydrogen-bond donors (Lipinski definition) is 6. The summed E-state index contributed by atoms with van der Waals surface area (Å²) in [6.07, 6.45) is 42.6. The number of amides is 1. The van der Waals surface area contributed by atoms with Gasteiger partial charge in [0, 0.05) is 6.42 Å². The molecule has 1 amide bonds. The molecule has 7 unspecified atom stereocenters. The number of ether oxygens (including phenoxy) is 2. The molecule has 1 saturated heterocycles. The normalized spacial score (nSPS) is 20.3. The van der Waals surface area contributed by atoms with Crippen LogP contribution in [0.4, 0.5) is 0 Å². The van der Waals surface area contributed by atoms with Crippen molar-refractivity contribution in [3.05, 3.63) is 0 Å². The lowest BCUT2D eigenvalue weighted by Gasteiger charge is -2.40. The minimum absolute atomic E-state index is 0.131. The van der Waals surface area contributed by atoms with Crippen LogP contribution >= 0.6 is 0 Å². The molecule has 61 heavy (non-hydrogen) atoms. The van der Waals surface area contributed by atoms with Gasteiger partial charge in [-0.1, -0.05) is 251 Å². The minimum atomic E-state index is -1.55. The smallest absolute Gasteiger partial charge is 0.220 e. The monoisotopic (exact) mass is 870 g/mol. The Bertz CT molecular complexity index is 924. The summed E-state index contributed by atoms with van der Waals surface area (Å²) in [5.41, 5.74) is 0. The highest BCUT2D eigenvalue weighted by Crippen LogP contribution is 2.23. The standard InChI is InChI=1S/C52H103NO8/c1-3-5-7-9-11-13-15-17-19-21-22-23-24-25-26-28-30-32-34-36-38-40-42-48(56)53-45(44-60-52-51(59)50(58)49(57)47(43-54)61-52)46(55)41-39-37-35-33-31-29-27-20-18-16-14-12-10-8-6-4-2/h45-47,49-52,54-55,57-59H,3-44H2,1-2H3,(H,53,56). The van der Waals surface area contributed by atoms with E-state index in [9.17, 15) is 30.3 Å². The van der Waals surface area contributed by atoms with E-state index >= 15 is 0 Å². The second kappa shape index (κ2) is 43.1. The number of carbonyl (C=O) groups is 1. The van der Waals surface area contributed by atoms with Crippen LogP contribution in [0.25, 0.3) is 0 Å². The molecule has 7 atom stereocenters. The number of aliphatic hydroxyl groups excluding tert-OH is 5. The summed E-state index contributed by atoms with van der Waals surface area (Å²) in [5, 5.41) is 54.5. The number of nitrogens with one attached hydrogen (secondary N) is 1. The van der Waals surface area contributed by atoms with Crippen molar-refractivity contribution in [3.8, 4) is 0 Å². The van der Waals surface area contributed by atoms with Crippen LogP contribution in [0, 0.1) is 0 Å². The summed E-state index contributed by atoms with van der Waals surface area (Å²) in [5.74, 6) is -0.137. The van der Waals surface area contributed by atoms with E-state index in [1.165, 1.54) is 205 Å². The molecule has 0 saturated carbocycles. The predicted octanol–water partition coefficient (Wildman–Crippen LogP) is 12.3. The number of carbonyl (C=O) groups excluding carboxylic acids is 1. The third-order valence-corrected chi connectivity index (χ3v) is 13.2. The second-order valence-electron chi connectivity index (χ2n) is 19.0. The highest BCUT2D eigenvalue weighted by Gasteiger charge is 2.44. The molecule has 0 spiro atoms. The van der Waals surface area contributed by atoms with Gasteiger partial charge in [-0.25, -0.2) is 0 Å². The van der Waals surface area contributed by atoms with Crippen LogP contribution in [0.2, 0.25) is 0 Å². The van der Waals surface area contributed by atoms with Crippen LogP contribution in [0.3, 0.4) is 0 Å². The Morgan fingerprint density at radius 1 is 0.492 bits per heavy atom. The van der Waals surface area contributed by atoms with Crippen molar-refractivity contribution in [2.24, 2.45) is 0 Å². The SMILES string of the molecule is CCCCCCCCCCCCCCCCCCCCCCCCC(=O)NC(COC1OC(CO)C(O)C(O)C1O)C(O)CCCCCCCCCCCCCCCCCC. The van der Waals surface area contributed by atoms with E-state index < -0.39 is 49.5 Å². The fourth-order valence-corrected chi connectivity index (χ4v) is 8.93. The maximum absolute atomic E-state index is 13.0. The Kier molecular flexibility index (Phi) is 41.1. The zero-order valence-corrected chi connectivity index (χ0v) is 40.2. The number of rotatable bonds is 46. The number of unbranched alkanes of at least 4 members (excludes halogenated alkanes) is 36. The van der Waals surface area contributed by atoms with Gasteiger partial charge in [0.1, 0.15) is 24.4 Å². The maximum Gasteiger partial charge on any atom is 0.220 e. The third kappa shape index (κ3) is 33.3. The molecule has 1 aliphatic heterocycles. The molecule has 0 radical (unpaired) electrons. The molecule has 1 fully saturated rings. The minimum Gasteiger partial charge on any atom is -0.394 e. The molecule has 9 nitrogen and oxygen atoms in total. The van der Waals surface area contributed by atoms with Crippen LogP contribution in [-0.2, 0) is 14.3 Å². The predicted molar refractivity (Wildman–Crippen MR) is 254 cm³/mol. The van der Waals surface area contributed by atoms with Gasteiger partial charge in [-0.3, -0.25) is 4.79 Å². The third-order valence-electron chi connectivity index (χ3n) is 13.2. The lowest BCUT2D eigenvalue weighted by atomic mass is 9.99. The summed E-state index contributed by atoms with van der Waals surface area (Å²) in [4.78, 5) is 13.0. The maximum atomic E-state index is 13.0. The van der Waals surface area contributed by atoms with Gasteiger partial charge in [-0.15, -0.1) is 0 Å². The van der Waals surface area contributed by atoms with E-state index in [0.717, 1.165) is 38.5 Å². The molecular formula is C52H103NO8. The molecule has 0 bridgehead atoms. The molecule has 1 aliphatic rings. The van der Waals surface area contributed by atoms with Gasteiger partial charge in [0.05, 0.1) is 25.4 Å². The quantitative estimate of drug-likeness (QED) is 0.0331. The Morgan fingerprint density at radius 2 is 0.820 bits per heavy atom. The van der Waals surface area contributed by atoms with Gasteiger partial charge in [-0.05, 0) is 12.8 Å². The van der Waals surface area contributed by atoms with Gasteiger partial charge in [-0.2, -0.15) is 0 Å². The molecular weight excluding hydrogens is 767 g/mol. The van der Waals surface area contributed by atoms with Crippen molar-refractivity contribution >= 4 is 5.91 Å². The Hall–Kier alpha value is -0.810. The van der Waals surface area contributed by atoms with Crippen LogP contribution in [-0.4, -0.2) is 87.5 Å². The second-order valence-corrected chi connectivity index (χ2v) is 19.0. The van der Waals surface area contributed by atoms with Crippen molar-refractivity contribution < 1.29 is 39.8 Å². The van der Waals surface area contributed by atoms with Gasteiger partial charge in [0.25, 0.3) is 0 Å². The number of aliphatic hydroxyl groups is 5. The first kappa shape index (κ1) is 58.2. The fraction of sp³-hybridized carbons (Fsp3) is 0.981. The summed E-state index contributed by atoms with van der Waals surface area (Å²) in [6, 6.07) is -0.712. The van der Waals surface area contributed by atoms with E-state index in [1.54, 1.807) is 0 Å². The highest BCUT2D eigenvalue weighted by atomic mass is 16.7. The van der Waals surface area contributed by atoms with Crippen molar-refractivity contribution in [1.82, 2.24) is 5.32 Å². The van der Waals surface area contributed by atoms with Crippen molar-refractivity contribution in [3.63, 3.8) is 0 Å². The van der Waals surface area contributed by atoms with Crippen molar-refractivity contribution in [1.29, 1.82) is 0 Å². The number of hydrogen-bond acceptors (Lipinski definition) is 8. The van der Waals surface area contributed by atoms with Crippen molar-refractivity contribution in [2.75, 3.05) is 13.2 Å². The van der Waals surface area contributed by atoms with Gasteiger partial charge in [0.15, 0.2) is 6.29 Å². The summed E-state index contributed by atoms with van der Waals surface area (Å²) < 4.78 is 11.3. The van der Waals surface area contributed by atoms with Crippen LogP contribution in [0.1, 0.15) is 271 Å². The molecule has 0 aliphatic carbocycles. The van der Waals surface area contributed by atoms with Crippen LogP contribution in [0.5, 0.6) is 0 Å². The van der Waals surface area contributed by atoms with Gasteiger partial charge in [0.2, 0.25) is 5.91 Å². The zero-order valence-electron chi connectivity index (χ0n) is 40.2. The molecule has 364 valence electrons. The van der Waals surface area contributed by atoms with Gasteiger partial charge < -0.3 is 40.3 Å². The molecule has 1 heterocycles. The zero-order chi connectivity index (χ0) is 44.4. The Labute approximate surface area is 376 Å². The average Bonchev–Trinajstić information content (AvgIpc) is 3.26. The first-order valence-corrected chi connectivity index (χ1v) is 26.7. The topological polar surface area (TPSA) is 149 Å². The van der Waals surface area contributed by atoms with E-state index in [2.05, 4.69) is 19.2 Å². The van der Waals surface area contributed by atoms with E-state index in [-0.39, 0.29) is 12.5 Å². The first-order valence-electron chi connectivity index (χ1n) is 26.7. The molecule has 0 aromatic rings. The van der Waals surface area contributed by atoms with Crippen molar-refractivity contribution in [2.45, 2.75) is 314 Å². The molecule has 9 heteroatoms. The summed E-state index contributed by atoms with van der Waals surface area (Å²) in [7, 11) is 0. The lowest BCUT2D eigenvalue weighted by Crippen LogP contribution is -2.60. The average molecular weight is 870 g/mol. The molecule has 0 aromatic heterocycles. The largest absolute Gasteiger partial charge is 0.394 e. The van der Waals surface area contributed by atoms with E-state index in [4.69, 9.17) is 9.47 Å². The Balaban J connectivity index is 2.22. The van der Waals surface area contributed by atoms with E-state index in [0.29, 0.717) is 12.8 Å². The Morgan fingerprint density at radius 3 is 1.16 bits per heavy atom. The van der Waals surface area contributed by atoms with Crippen LogP contribution < -0.4 is 5.32 Å². The molecule has 1 rings (SSSR count). The van der Waals surface area contributed by atoms with Gasteiger partial charge >= 0.3 is 0 Å². The molecule has 0 aromatic carbocycles. The fourth-order valence-electron chi connectivity index (χ4n) is 8.93. The molecule has 6 N–H and O–H groups in total. The first-order chi connectivity index (χ1) is 29.8. The van der Waals surface area contributed by atoms with Crippen LogP contribution in [0.15, 0.2) is 0 Å². The summed E-state index contributed by atoms with van der Waals surface area (Å²) in [6.45, 7) is 3.87. The lowest BCUT2D eigenvalue weighted by molar-refractivity contribution is -0.302.